The van der Waals surface area contributed by atoms with Gasteiger partial charge in [0.05, 0.1) is 16.5 Å². The predicted molar refractivity (Wildman–Crippen MR) is 99.0 cm³/mol. The number of benzene rings is 2. The van der Waals surface area contributed by atoms with Gasteiger partial charge in [-0.2, -0.15) is 0 Å². The van der Waals surface area contributed by atoms with Crippen molar-refractivity contribution in [2.24, 2.45) is 0 Å². The Bertz CT molecular complexity index is 917. The monoisotopic (exact) mass is 345 g/mol. The van der Waals surface area contributed by atoms with Crippen LogP contribution >= 0.6 is 12.4 Å². The van der Waals surface area contributed by atoms with Gasteiger partial charge in [0.2, 0.25) is 5.43 Å². The first kappa shape index (κ1) is 18.0. The van der Waals surface area contributed by atoms with E-state index in [0.29, 0.717) is 34.4 Å². The summed E-state index contributed by atoms with van der Waals surface area (Å²) >= 11 is 0. The topological polar surface area (TPSA) is 53.7 Å². The summed E-state index contributed by atoms with van der Waals surface area (Å²) < 4.78 is 5.95. The van der Waals surface area contributed by atoms with E-state index in [1.165, 1.54) is 0 Å². The first-order valence-corrected chi connectivity index (χ1v) is 7.47. The van der Waals surface area contributed by atoms with Gasteiger partial charge in [-0.1, -0.05) is 30.3 Å². The molecule has 0 aliphatic carbocycles. The number of aromatic hydroxyl groups is 1. The average molecular weight is 346 g/mol. The first-order valence-electron chi connectivity index (χ1n) is 7.47. The van der Waals surface area contributed by atoms with Crippen LogP contribution < -0.4 is 5.43 Å². The largest absolute Gasteiger partial charge is 0.507 e. The molecule has 4 nitrogen and oxygen atoms in total. The Hall–Kier alpha value is -2.30. The van der Waals surface area contributed by atoms with Crippen molar-refractivity contribution in [2.75, 3.05) is 14.1 Å². The van der Waals surface area contributed by atoms with E-state index in [-0.39, 0.29) is 23.6 Å². The number of nitrogens with zero attached hydrogens (tertiary/aromatic N) is 1. The van der Waals surface area contributed by atoms with Crippen molar-refractivity contribution in [1.82, 2.24) is 4.90 Å². The van der Waals surface area contributed by atoms with Crippen LogP contribution in [0.2, 0.25) is 0 Å². The number of hydrogen-bond acceptors (Lipinski definition) is 4. The highest BCUT2D eigenvalue weighted by Crippen LogP contribution is 2.30. The van der Waals surface area contributed by atoms with E-state index < -0.39 is 0 Å². The van der Waals surface area contributed by atoms with Gasteiger partial charge in [0, 0.05) is 6.54 Å². The SMILES string of the molecule is Cc1oc2c(CN(C)C)c(O)ccc2c(=O)c1-c1ccccc1.Cl. The normalized spacial score (nSPS) is 10.8. The molecule has 0 bridgehead atoms. The summed E-state index contributed by atoms with van der Waals surface area (Å²) in [5, 5.41) is 10.6. The highest BCUT2D eigenvalue weighted by atomic mass is 35.5. The van der Waals surface area contributed by atoms with Gasteiger partial charge in [-0.3, -0.25) is 4.79 Å². The van der Waals surface area contributed by atoms with Crippen molar-refractivity contribution in [2.45, 2.75) is 13.5 Å². The van der Waals surface area contributed by atoms with E-state index in [1.807, 2.05) is 49.3 Å². The number of hydrogen-bond donors (Lipinski definition) is 1. The number of fused-ring (bicyclic) bond motifs is 1. The molecule has 0 saturated heterocycles. The van der Waals surface area contributed by atoms with Crippen molar-refractivity contribution >= 4 is 23.4 Å². The van der Waals surface area contributed by atoms with Crippen LogP contribution in [-0.2, 0) is 6.54 Å². The molecular formula is C19H20ClNO3. The Labute approximate surface area is 146 Å². The first-order chi connectivity index (χ1) is 11.0. The van der Waals surface area contributed by atoms with Crippen molar-refractivity contribution in [3.63, 3.8) is 0 Å². The van der Waals surface area contributed by atoms with Gasteiger partial charge in [-0.15, -0.1) is 12.4 Å². The lowest BCUT2D eigenvalue weighted by atomic mass is 10.0. The number of phenolic OH excluding ortho intramolecular Hbond substituents is 1. The van der Waals surface area contributed by atoms with Gasteiger partial charge in [-0.05, 0) is 38.7 Å². The van der Waals surface area contributed by atoms with Crippen LogP contribution in [0.1, 0.15) is 11.3 Å². The minimum absolute atomic E-state index is 0. The van der Waals surface area contributed by atoms with Gasteiger partial charge in [0.15, 0.2) is 0 Å². The summed E-state index contributed by atoms with van der Waals surface area (Å²) in [5.41, 5.74) is 2.42. The fourth-order valence-corrected chi connectivity index (χ4v) is 2.82. The number of rotatable bonds is 3. The quantitative estimate of drug-likeness (QED) is 0.780. The highest BCUT2D eigenvalue weighted by Gasteiger charge is 2.18. The van der Waals surface area contributed by atoms with E-state index in [4.69, 9.17) is 4.42 Å². The second kappa shape index (κ2) is 7.07. The second-order valence-electron chi connectivity index (χ2n) is 5.91. The molecule has 126 valence electrons. The Kier molecular flexibility index (Phi) is 5.32. The molecule has 0 aliphatic rings. The van der Waals surface area contributed by atoms with Gasteiger partial charge in [0.25, 0.3) is 0 Å². The van der Waals surface area contributed by atoms with Crippen LogP contribution in [0.25, 0.3) is 22.1 Å². The zero-order valence-electron chi connectivity index (χ0n) is 13.9. The molecule has 0 amide bonds. The van der Waals surface area contributed by atoms with Crippen LogP contribution in [0.5, 0.6) is 5.75 Å². The fourth-order valence-electron chi connectivity index (χ4n) is 2.82. The Morgan fingerprint density at radius 1 is 1.08 bits per heavy atom. The highest BCUT2D eigenvalue weighted by molar-refractivity contribution is 5.86. The third kappa shape index (κ3) is 3.16. The maximum Gasteiger partial charge on any atom is 0.200 e. The predicted octanol–water partition coefficient (Wildman–Crippen LogP) is 3.96. The molecule has 0 saturated carbocycles. The molecule has 0 atom stereocenters. The molecule has 0 spiro atoms. The smallest absolute Gasteiger partial charge is 0.200 e. The summed E-state index contributed by atoms with van der Waals surface area (Å²) in [6.07, 6.45) is 0. The molecule has 3 aromatic rings. The van der Waals surface area contributed by atoms with E-state index in [9.17, 15) is 9.90 Å². The lowest BCUT2D eigenvalue weighted by molar-refractivity contribution is 0.383. The molecule has 0 fully saturated rings. The molecule has 0 aliphatic heterocycles. The maximum atomic E-state index is 12.9. The molecule has 2 aromatic carbocycles. The van der Waals surface area contributed by atoms with Gasteiger partial charge in [0.1, 0.15) is 17.1 Å². The lowest BCUT2D eigenvalue weighted by Gasteiger charge is -2.14. The molecule has 1 heterocycles. The summed E-state index contributed by atoms with van der Waals surface area (Å²) in [5.74, 6) is 0.695. The molecule has 1 N–H and O–H groups in total. The summed E-state index contributed by atoms with van der Waals surface area (Å²) in [6, 6.07) is 12.7. The van der Waals surface area contributed by atoms with Crippen molar-refractivity contribution in [3.8, 4) is 16.9 Å². The van der Waals surface area contributed by atoms with E-state index >= 15 is 0 Å². The Morgan fingerprint density at radius 2 is 1.75 bits per heavy atom. The van der Waals surface area contributed by atoms with Gasteiger partial charge < -0.3 is 14.4 Å². The minimum atomic E-state index is -0.0741. The summed E-state index contributed by atoms with van der Waals surface area (Å²) in [6.45, 7) is 2.28. The molecule has 0 radical (unpaired) electrons. The standard InChI is InChI=1S/C19H19NO3.ClH/c1-12-17(13-7-5-4-6-8-13)18(22)14-9-10-16(21)15(11-20(2)3)19(14)23-12;/h4-10,21H,11H2,1-3H3;1H. The zero-order chi connectivity index (χ0) is 16.6. The number of aryl methyl sites for hydroxylation is 1. The number of halogens is 1. The third-order valence-corrected chi connectivity index (χ3v) is 3.85. The number of phenols is 1. The third-order valence-electron chi connectivity index (χ3n) is 3.85. The zero-order valence-corrected chi connectivity index (χ0v) is 14.7. The minimum Gasteiger partial charge on any atom is -0.507 e. The van der Waals surface area contributed by atoms with Gasteiger partial charge >= 0.3 is 0 Å². The molecule has 5 heteroatoms. The molecule has 1 aromatic heterocycles. The molecular weight excluding hydrogens is 326 g/mol. The van der Waals surface area contributed by atoms with Crippen LogP contribution in [0.15, 0.2) is 51.7 Å². The molecule has 0 unspecified atom stereocenters. The van der Waals surface area contributed by atoms with Crippen LogP contribution in [0.3, 0.4) is 0 Å². The fraction of sp³-hybridized carbons (Fsp3) is 0.211. The summed E-state index contributed by atoms with van der Waals surface area (Å²) in [7, 11) is 3.81. The Morgan fingerprint density at radius 3 is 2.38 bits per heavy atom. The van der Waals surface area contributed by atoms with Crippen LogP contribution in [0.4, 0.5) is 0 Å². The van der Waals surface area contributed by atoms with Crippen molar-refractivity contribution < 1.29 is 9.52 Å². The van der Waals surface area contributed by atoms with Crippen molar-refractivity contribution in [3.05, 3.63) is 64.0 Å². The Balaban J connectivity index is 0.00000208. The van der Waals surface area contributed by atoms with E-state index in [1.54, 1.807) is 19.1 Å². The van der Waals surface area contributed by atoms with Crippen LogP contribution in [0, 0.1) is 6.92 Å². The average Bonchev–Trinajstić information content (AvgIpc) is 2.51. The molecule has 24 heavy (non-hydrogen) atoms. The van der Waals surface area contributed by atoms with Gasteiger partial charge in [-0.25, -0.2) is 0 Å². The van der Waals surface area contributed by atoms with E-state index in [2.05, 4.69) is 0 Å². The summed E-state index contributed by atoms with van der Waals surface area (Å²) in [4.78, 5) is 14.9. The van der Waals surface area contributed by atoms with E-state index in [0.717, 1.165) is 5.56 Å². The van der Waals surface area contributed by atoms with Crippen molar-refractivity contribution in [1.29, 1.82) is 0 Å². The second-order valence-corrected chi connectivity index (χ2v) is 5.91. The maximum absolute atomic E-state index is 12.9. The molecule has 3 rings (SSSR count). The van der Waals surface area contributed by atoms with Crippen LogP contribution in [-0.4, -0.2) is 24.1 Å². The lowest BCUT2D eigenvalue weighted by Crippen LogP contribution is -2.13.